The summed E-state index contributed by atoms with van der Waals surface area (Å²) in [5, 5.41) is 48.3. The fourth-order valence-corrected chi connectivity index (χ4v) is 2.99. The molecule has 0 unspecified atom stereocenters. The van der Waals surface area contributed by atoms with Crippen LogP contribution in [0.5, 0.6) is 11.5 Å². The van der Waals surface area contributed by atoms with Crippen LogP contribution in [-0.2, 0) is 16.0 Å². The van der Waals surface area contributed by atoms with Gasteiger partial charge in [-0.1, -0.05) is 6.07 Å². The molecule has 12 nitrogen and oxygen atoms in total. The molecule has 8 N–H and O–H groups in total. The highest BCUT2D eigenvalue weighted by Crippen LogP contribution is 2.33. The molecule has 1 aliphatic rings. The zero-order valence-corrected chi connectivity index (χ0v) is 16.0. The Labute approximate surface area is 172 Å². The topological polar surface area (TPSA) is 203 Å². The Morgan fingerprint density at radius 2 is 1.93 bits per heavy atom. The van der Waals surface area contributed by atoms with Crippen molar-refractivity contribution >= 4 is 25.0 Å². The molecule has 1 aromatic carbocycles. The highest BCUT2D eigenvalue weighted by molar-refractivity contribution is 6.41. The molecule has 1 aliphatic heterocycles. The van der Waals surface area contributed by atoms with Gasteiger partial charge in [0.1, 0.15) is 29.7 Å². The quantitative estimate of drug-likeness (QED) is 0.188. The SMILES string of the molecule is N[C@@H](CN1CC(Oc2ccc(CCB(O)O)c(O)c2C(=O)O)C1)C(=O)NCC(=O)O. The van der Waals surface area contributed by atoms with Crippen LogP contribution < -0.4 is 15.8 Å². The van der Waals surface area contributed by atoms with E-state index in [4.69, 9.17) is 25.6 Å². The van der Waals surface area contributed by atoms with Gasteiger partial charge in [0.25, 0.3) is 0 Å². The van der Waals surface area contributed by atoms with Crippen molar-refractivity contribution in [2.75, 3.05) is 26.2 Å². The molecule has 1 atom stereocenters. The summed E-state index contributed by atoms with van der Waals surface area (Å²) in [6.07, 6.45) is -0.379. The summed E-state index contributed by atoms with van der Waals surface area (Å²) >= 11 is 0. The minimum Gasteiger partial charge on any atom is -0.507 e. The zero-order chi connectivity index (χ0) is 22.4. The van der Waals surface area contributed by atoms with Gasteiger partial charge in [0.2, 0.25) is 5.91 Å². The normalized spacial score (nSPS) is 15.2. The molecule has 0 aromatic heterocycles. The van der Waals surface area contributed by atoms with Crippen molar-refractivity contribution in [2.45, 2.75) is 24.9 Å². The van der Waals surface area contributed by atoms with Gasteiger partial charge in [-0.15, -0.1) is 0 Å². The van der Waals surface area contributed by atoms with Crippen LogP contribution in [-0.4, -0.2) is 93.6 Å². The van der Waals surface area contributed by atoms with Crippen molar-refractivity contribution in [1.82, 2.24) is 10.2 Å². The van der Waals surface area contributed by atoms with Gasteiger partial charge in [-0.25, -0.2) is 4.79 Å². The minimum absolute atomic E-state index is 0.0264. The Bertz CT molecular complexity index is 799. The zero-order valence-electron chi connectivity index (χ0n) is 16.0. The molecule has 2 rings (SSSR count). The fraction of sp³-hybridized carbons (Fsp3) is 0.471. The van der Waals surface area contributed by atoms with Gasteiger partial charge < -0.3 is 41.2 Å². The van der Waals surface area contributed by atoms with E-state index < -0.39 is 48.9 Å². The van der Waals surface area contributed by atoms with Crippen molar-refractivity contribution < 1.29 is 44.5 Å². The summed E-state index contributed by atoms with van der Waals surface area (Å²) in [6.45, 7) is 0.369. The third-order valence-electron chi connectivity index (χ3n) is 4.53. The molecule has 1 fully saturated rings. The van der Waals surface area contributed by atoms with E-state index in [1.807, 2.05) is 0 Å². The van der Waals surface area contributed by atoms with Crippen LogP contribution >= 0.6 is 0 Å². The van der Waals surface area contributed by atoms with Crippen LogP contribution in [0.4, 0.5) is 0 Å². The Kier molecular flexibility index (Phi) is 8.00. The molecule has 30 heavy (non-hydrogen) atoms. The van der Waals surface area contributed by atoms with Crippen LogP contribution in [0.3, 0.4) is 0 Å². The molecular formula is C17H24BN3O9. The number of carbonyl (C=O) groups is 3. The molecule has 0 spiro atoms. The van der Waals surface area contributed by atoms with E-state index in [0.29, 0.717) is 13.1 Å². The number of ether oxygens (including phenoxy) is 1. The first kappa shape index (κ1) is 23.4. The highest BCUT2D eigenvalue weighted by Gasteiger charge is 2.32. The number of hydrogen-bond donors (Lipinski definition) is 7. The predicted molar refractivity (Wildman–Crippen MR) is 103 cm³/mol. The van der Waals surface area contributed by atoms with Gasteiger partial charge in [-0.2, -0.15) is 0 Å². The lowest BCUT2D eigenvalue weighted by atomic mass is 9.82. The smallest absolute Gasteiger partial charge is 0.451 e. The van der Waals surface area contributed by atoms with E-state index in [0.717, 1.165) is 0 Å². The molecule has 1 heterocycles. The summed E-state index contributed by atoms with van der Waals surface area (Å²) in [5.74, 6) is -3.68. The van der Waals surface area contributed by atoms with E-state index in [-0.39, 0.29) is 36.7 Å². The number of likely N-dealkylation sites (tertiary alicyclic amines) is 1. The number of nitrogens with one attached hydrogen (secondary N) is 1. The van der Waals surface area contributed by atoms with E-state index in [1.54, 1.807) is 4.90 Å². The second-order valence-corrected chi connectivity index (χ2v) is 6.95. The molecule has 0 aliphatic carbocycles. The number of nitrogens with two attached hydrogens (primary N) is 1. The third kappa shape index (κ3) is 6.32. The molecule has 0 saturated carbocycles. The van der Waals surface area contributed by atoms with Gasteiger partial charge in [0, 0.05) is 19.6 Å². The number of amides is 1. The van der Waals surface area contributed by atoms with Gasteiger partial charge in [-0.3, -0.25) is 14.5 Å². The van der Waals surface area contributed by atoms with E-state index in [2.05, 4.69) is 5.32 Å². The maximum absolute atomic E-state index is 11.7. The first-order chi connectivity index (χ1) is 14.1. The number of benzene rings is 1. The summed E-state index contributed by atoms with van der Waals surface area (Å²) in [6, 6.07) is 1.93. The van der Waals surface area contributed by atoms with Gasteiger partial charge in [0.05, 0.1) is 6.04 Å². The van der Waals surface area contributed by atoms with Crippen LogP contribution in [0.1, 0.15) is 15.9 Å². The number of aromatic carboxylic acids is 1. The number of aromatic hydroxyl groups is 1. The Morgan fingerprint density at radius 1 is 1.27 bits per heavy atom. The number of aryl methyl sites for hydroxylation is 1. The number of carboxylic acid groups (broad SMARTS) is 2. The maximum Gasteiger partial charge on any atom is 0.451 e. The lowest BCUT2D eigenvalue weighted by molar-refractivity contribution is -0.138. The third-order valence-corrected chi connectivity index (χ3v) is 4.53. The number of rotatable bonds is 11. The first-order valence-electron chi connectivity index (χ1n) is 9.16. The Balaban J connectivity index is 1.92. The second-order valence-electron chi connectivity index (χ2n) is 6.95. The number of phenols is 1. The van der Waals surface area contributed by atoms with Gasteiger partial charge in [-0.05, 0) is 24.4 Å². The van der Waals surface area contributed by atoms with Gasteiger partial charge in [0.15, 0.2) is 0 Å². The average Bonchev–Trinajstić information content (AvgIpc) is 2.62. The average molecular weight is 425 g/mol. The molecule has 1 amide bonds. The van der Waals surface area contributed by atoms with Crippen molar-refractivity contribution in [3.8, 4) is 11.5 Å². The molecule has 0 radical (unpaired) electrons. The summed E-state index contributed by atoms with van der Waals surface area (Å²) in [4.78, 5) is 35.5. The van der Waals surface area contributed by atoms with Crippen molar-refractivity contribution in [2.24, 2.45) is 5.73 Å². The standard InChI is InChI=1S/C17H24BN3O9/c19-11(16(25)20-5-13(22)23)8-21-6-10(7-21)30-12-2-1-9(3-4-18(28)29)15(24)14(12)17(26)27/h1-2,10-11,24,28-29H,3-8,19H2,(H,20,25)(H,22,23)(H,26,27)/t11-/m0/s1. The minimum atomic E-state index is -1.58. The Morgan fingerprint density at radius 3 is 2.50 bits per heavy atom. The van der Waals surface area contributed by atoms with E-state index >= 15 is 0 Å². The van der Waals surface area contributed by atoms with Crippen LogP contribution in [0.15, 0.2) is 12.1 Å². The van der Waals surface area contributed by atoms with E-state index in [1.165, 1.54) is 12.1 Å². The predicted octanol–water partition coefficient (Wildman–Crippen LogP) is -2.30. The summed E-state index contributed by atoms with van der Waals surface area (Å²) < 4.78 is 5.66. The number of nitrogens with zero attached hydrogens (tertiary/aromatic N) is 1. The monoisotopic (exact) mass is 425 g/mol. The van der Waals surface area contributed by atoms with Crippen molar-refractivity contribution in [3.05, 3.63) is 23.3 Å². The van der Waals surface area contributed by atoms with Crippen molar-refractivity contribution in [1.29, 1.82) is 0 Å². The maximum atomic E-state index is 11.7. The van der Waals surface area contributed by atoms with Gasteiger partial charge >= 0.3 is 19.1 Å². The molecule has 13 heteroatoms. The fourth-order valence-electron chi connectivity index (χ4n) is 2.99. The molecule has 1 aromatic rings. The number of hydrogen-bond acceptors (Lipinski definition) is 9. The Hall–Kier alpha value is -2.87. The molecular weight excluding hydrogens is 401 g/mol. The number of carbonyl (C=O) groups excluding carboxylic acids is 1. The molecule has 164 valence electrons. The first-order valence-corrected chi connectivity index (χ1v) is 9.16. The lowest BCUT2D eigenvalue weighted by Crippen LogP contribution is -2.59. The van der Waals surface area contributed by atoms with Crippen LogP contribution in [0, 0.1) is 0 Å². The lowest BCUT2D eigenvalue weighted by Gasteiger charge is -2.40. The highest BCUT2D eigenvalue weighted by atomic mass is 16.5. The van der Waals surface area contributed by atoms with Crippen molar-refractivity contribution in [3.63, 3.8) is 0 Å². The number of aliphatic carboxylic acids is 1. The molecule has 0 bridgehead atoms. The largest absolute Gasteiger partial charge is 0.507 e. The summed E-state index contributed by atoms with van der Waals surface area (Å²) in [5.41, 5.74) is 5.57. The van der Waals surface area contributed by atoms with Crippen LogP contribution in [0.2, 0.25) is 6.32 Å². The van der Waals surface area contributed by atoms with Crippen LogP contribution in [0.25, 0.3) is 0 Å². The number of carboxylic acids is 2. The summed E-state index contributed by atoms with van der Waals surface area (Å²) in [7, 11) is -1.58. The van der Waals surface area contributed by atoms with E-state index in [9.17, 15) is 24.6 Å². The molecule has 1 saturated heterocycles. The second kappa shape index (κ2) is 10.3.